The number of nitrogens with one attached hydrogen (secondary N) is 2. The molecule has 2 aromatic rings. The number of hydrogen-bond donors (Lipinski definition) is 2. The molecule has 0 bridgehead atoms. The number of carbonyl (C=O) groups is 1. The highest BCUT2D eigenvalue weighted by Gasteiger charge is 2.26. The molecule has 156 valence electrons. The summed E-state index contributed by atoms with van der Waals surface area (Å²) in [4.78, 5) is 12.6. The number of methoxy groups -OCH3 is 1. The van der Waals surface area contributed by atoms with Crippen LogP contribution in [0.25, 0.3) is 0 Å². The number of ether oxygens (including phenoxy) is 1. The molecule has 7 heteroatoms. The maximum absolute atomic E-state index is 12.9. The lowest BCUT2D eigenvalue weighted by molar-refractivity contribution is 0.0951. The minimum absolute atomic E-state index is 0.00402. The molecule has 1 saturated carbocycles. The second-order valence-electron chi connectivity index (χ2n) is 7.49. The van der Waals surface area contributed by atoms with Gasteiger partial charge in [-0.25, -0.2) is 13.1 Å². The Kier molecular flexibility index (Phi) is 6.92. The zero-order valence-corrected chi connectivity index (χ0v) is 17.7. The molecule has 2 N–H and O–H groups in total. The van der Waals surface area contributed by atoms with Crippen LogP contribution in [-0.4, -0.2) is 34.0 Å². The lowest BCUT2D eigenvalue weighted by Gasteiger charge is -2.16. The van der Waals surface area contributed by atoms with Gasteiger partial charge in [0, 0.05) is 18.2 Å². The SMILES string of the molecule is COc1ccc(C(=O)NCC(C)c2ccccc2)cc1S(=O)(=O)NC1CCCC1. The van der Waals surface area contributed by atoms with E-state index < -0.39 is 10.0 Å². The first kappa shape index (κ1) is 21.3. The molecular weight excluding hydrogens is 388 g/mol. The molecule has 2 aromatic carbocycles. The van der Waals surface area contributed by atoms with E-state index in [4.69, 9.17) is 4.74 Å². The summed E-state index contributed by atoms with van der Waals surface area (Å²) < 4.78 is 33.7. The van der Waals surface area contributed by atoms with Gasteiger partial charge >= 0.3 is 0 Å². The van der Waals surface area contributed by atoms with Gasteiger partial charge in [-0.3, -0.25) is 4.79 Å². The molecule has 1 aliphatic rings. The van der Waals surface area contributed by atoms with Gasteiger partial charge in [-0.1, -0.05) is 50.1 Å². The molecular formula is C22H28N2O4S. The highest BCUT2D eigenvalue weighted by atomic mass is 32.2. The van der Waals surface area contributed by atoms with Crippen molar-refractivity contribution in [2.75, 3.05) is 13.7 Å². The van der Waals surface area contributed by atoms with Crippen molar-refractivity contribution in [2.24, 2.45) is 0 Å². The van der Waals surface area contributed by atoms with Crippen molar-refractivity contribution in [3.63, 3.8) is 0 Å². The normalized spacial score (nSPS) is 15.8. The first-order valence-corrected chi connectivity index (χ1v) is 11.4. The van der Waals surface area contributed by atoms with Crippen LogP contribution in [-0.2, 0) is 10.0 Å². The van der Waals surface area contributed by atoms with Crippen LogP contribution in [0.1, 0.15) is 54.4 Å². The van der Waals surface area contributed by atoms with Crippen LogP contribution in [0.2, 0.25) is 0 Å². The van der Waals surface area contributed by atoms with Gasteiger partial charge in [0.1, 0.15) is 10.6 Å². The Labute approximate surface area is 172 Å². The molecule has 6 nitrogen and oxygen atoms in total. The second kappa shape index (κ2) is 9.41. The first-order valence-electron chi connectivity index (χ1n) is 9.94. The monoisotopic (exact) mass is 416 g/mol. The van der Waals surface area contributed by atoms with Crippen molar-refractivity contribution in [1.29, 1.82) is 0 Å². The minimum atomic E-state index is -3.77. The van der Waals surface area contributed by atoms with Crippen molar-refractivity contribution >= 4 is 15.9 Å². The third kappa shape index (κ3) is 5.36. The number of benzene rings is 2. The summed E-state index contributed by atoms with van der Waals surface area (Å²) in [6, 6.07) is 14.3. The number of sulfonamides is 1. The Bertz CT molecular complexity index is 939. The average Bonchev–Trinajstić information content (AvgIpc) is 3.24. The fourth-order valence-electron chi connectivity index (χ4n) is 3.60. The third-order valence-electron chi connectivity index (χ3n) is 5.33. The zero-order chi connectivity index (χ0) is 20.9. The summed E-state index contributed by atoms with van der Waals surface area (Å²) in [5.41, 5.74) is 1.42. The molecule has 1 aliphatic carbocycles. The van der Waals surface area contributed by atoms with Gasteiger partial charge in [0.25, 0.3) is 5.91 Å². The van der Waals surface area contributed by atoms with Gasteiger partial charge < -0.3 is 10.1 Å². The minimum Gasteiger partial charge on any atom is -0.495 e. The Hall–Kier alpha value is -2.38. The smallest absolute Gasteiger partial charge is 0.251 e. The molecule has 1 atom stereocenters. The standard InChI is InChI=1S/C22H28N2O4S/c1-16(17-8-4-3-5-9-17)15-23-22(25)18-12-13-20(28-2)21(14-18)29(26,27)24-19-10-6-7-11-19/h3-5,8-9,12-14,16,19,24H,6-7,10-11,15H2,1-2H3,(H,23,25). The van der Waals surface area contributed by atoms with E-state index in [1.165, 1.54) is 19.2 Å². The summed E-state index contributed by atoms with van der Waals surface area (Å²) in [5, 5.41) is 2.89. The summed E-state index contributed by atoms with van der Waals surface area (Å²) in [6.45, 7) is 2.49. The largest absolute Gasteiger partial charge is 0.495 e. The Balaban J connectivity index is 1.74. The topological polar surface area (TPSA) is 84.5 Å². The fourth-order valence-corrected chi connectivity index (χ4v) is 5.10. The number of amides is 1. The van der Waals surface area contributed by atoms with Crippen molar-refractivity contribution in [3.05, 3.63) is 59.7 Å². The lowest BCUT2D eigenvalue weighted by atomic mass is 10.0. The van der Waals surface area contributed by atoms with E-state index in [1.54, 1.807) is 6.07 Å². The van der Waals surface area contributed by atoms with Crippen LogP contribution < -0.4 is 14.8 Å². The number of hydrogen-bond acceptors (Lipinski definition) is 4. The van der Waals surface area contributed by atoms with E-state index in [2.05, 4.69) is 10.0 Å². The van der Waals surface area contributed by atoms with E-state index in [9.17, 15) is 13.2 Å². The van der Waals surface area contributed by atoms with Gasteiger partial charge in [-0.2, -0.15) is 0 Å². The predicted octanol–water partition coefficient (Wildman–Crippen LogP) is 3.45. The first-order chi connectivity index (χ1) is 13.9. The van der Waals surface area contributed by atoms with Crippen molar-refractivity contribution in [3.8, 4) is 5.75 Å². The van der Waals surface area contributed by atoms with E-state index in [1.807, 2.05) is 37.3 Å². The van der Waals surface area contributed by atoms with Gasteiger partial charge in [0.2, 0.25) is 10.0 Å². The molecule has 3 rings (SSSR count). The van der Waals surface area contributed by atoms with Crippen LogP contribution in [0.3, 0.4) is 0 Å². The Morgan fingerprint density at radius 3 is 2.48 bits per heavy atom. The maximum Gasteiger partial charge on any atom is 0.251 e. The van der Waals surface area contributed by atoms with E-state index in [0.29, 0.717) is 6.54 Å². The molecule has 1 fully saturated rings. The third-order valence-corrected chi connectivity index (χ3v) is 6.87. The highest BCUT2D eigenvalue weighted by molar-refractivity contribution is 7.89. The van der Waals surface area contributed by atoms with Gasteiger partial charge in [0.05, 0.1) is 7.11 Å². The van der Waals surface area contributed by atoms with Crippen LogP contribution in [0, 0.1) is 0 Å². The average molecular weight is 417 g/mol. The van der Waals surface area contributed by atoms with E-state index in [-0.39, 0.29) is 34.1 Å². The Morgan fingerprint density at radius 2 is 1.83 bits per heavy atom. The van der Waals surface area contributed by atoms with Crippen molar-refractivity contribution in [1.82, 2.24) is 10.0 Å². The van der Waals surface area contributed by atoms with Crippen LogP contribution >= 0.6 is 0 Å². The number of carbonyl (C=O) groups excluding carboxylic acids is 1. The van der Waals surface area contributed by atoms with E-state index in [0.717, 1.165) is 31.2 Å². The van der Waals surface area contributed by atoms with Gasteiger partial charge in [-0.05, 0) is 42.5 Å². The highest BCUT2D eigenvalue weighted by Crippen LogP contribution is 2.27. The molecule has 0 aliphatic heterocycles. The van der Waals surface area contributed by atoms with Crippen LogP contribution in [0.5, 0.6) is 5.75 Å². The predicted molar refractivity (Wildman–Crippen MR) is 113 cm³/mol. The Morgan fingerprint density at radius 1 is 1.14 bits per heavy atom. The van der Waals surface area contributed by atoms with Gasteiger partial charge in [0.15, 0.2) is 0 Å². The second-order valence-corrected chi connectivity index (χ2v) is 9.17. The summed E-state index contributed by atoms with van der Waals surface area (Å²) in [6.07, 6.45) is 3.71. The summed E-state index contributed by atoms with van der Waals surface area (Å²) in [5.74, 6) is 0.0584. The van der Waals surface area contributed by atoms with Crippen LogP contribution in [0.15, 0.2) is 53.4 Å². The molecule has 1 unspecified atom stereocenters. The van der Waals surface area contributed by atoms with Crippen LogP contribution in [0.4, 0.5) is 0 Å². The fraction of sp³-hybridized carbons (Fsp3) is 0.409. The summed E-state index contributed by atoms with van der Waals surface area (Å²) in [7, 11) is -2.35. The van der Waals surface area contributed by atoms with Gasteiger partial charge in [-0.15, -0.1) is 0 Å². The zero-order valence-electron chi connectivity index (χ0n) is 16.9. The van der Waals surface area contributed by atoms with Crippen molar-refractivity contribution < 1.29 is 17.9 Å². The molecule has 1 amide bonds. The molecule has 0 saturated heterocycles. The molecule has 0 aromatic heterocycles. The van der Waals surface area contributed by atoms with Crippen molar-refractivity contribution in [2.45, 2.75) is 49.5 Å². The molecule has 0 radical (unpaired) electrons. The maximum atomic E-state index is 12.9. The lowest BCUT2D eigenvalue weighted by Crippen LogP contribution is -2.33. The summed E-state index contributed by atoms with van der Waals surface area (Å²) >= 11 is 0. The van der Waals surface area contributed by atoms with E-state index >= 15 is 0 Å². The molecule has 0 spiro atoms. The molecule has 0 heterocycles. The quantitative estimate of drug-likeness (QED) is 0.690. The molecule has 29 heavy (non-hydrogen) atoms. The number of rotatable bonds is 8.